The maximum atomic E-state index is 10.9. The molecule has 2 fully saturated rings. The quantitative estimate of drug-likeness (QED) is 0.483. The summed E-state index contributed by atoms with van der Waals surface area (Å²) < 4.78 is 4.76. The van der Waals surface area contributed by atoms with Crippen molar-refractivity contribution in [2.45, 2.75) is 12.3 Å². The molecule has 2 aliphatic rings. The van der Waals surface area contributed by atoms with Gasteiger partial charge in [-0.15, -0.1) is 0 Å². The van der Waals surface area contributed by atoms with Crippen molar-refractivity contribution < 1.29 is 24.3 Å². The molecule has 3 atom stereocenters. The Morgan fingerprint density at radius 2 is 2.27 bits per heavy atom. The highest BCUT2D eigenvalue weighted by molar-refractivity contribution is 7.98. The number of fused-ring (bicyclic) bond motifs is 1. The van der Waals surface area contributed by atoms with Gasteiger partial charge >= 0.3 is 11.9 Å². The SMILES string of the molecule is CSC[C@H]1CN2OC(=O)C(=O)OC2[C@@H]1O. The van der Waals surface area contributed by atoms with Crippen molar-refractivity contribution in [2.75, 3.05) is 18.6 Å². The van der Waals surface area contributed by atoms with Crippen LogP contribution in [0.25, 0.3) is 0 Å². The minimum atomic E-state index is -1.04. The number of rotatable bonds is 2. The Hall–Kier alpha value is -0.790. The predicted molar refractivity (Wildman–Crippen MR) is 50.6 cm³/mol. The van der Waals surface area contributed by atoms with Gasteiger partial charge in [0.1, 0.15) is 6.10 Å². The van der Waals surface area contributed by atoms with Crippen LogP contribution in [0.4, 0.5) is 0 Å². The van der Waals surface area contributed by atoms with Crippen LogP contribution in [0, 0.1) is 5.92 Å². The van der Waals surface area contributed by atoms with E-state index in [2.05, 4.69) is 0 Å². The van der Waals surface area contributed by atoms with Crippen LogP contribution in [-0.2, 0) is 19.2 Å². The Bertz CT molecular complexity index is 297. The molecule has 0 aliphatic carbocycles. The van der Waals surface area contributed by atoms with Crippen LogP contribution in [0.5, 0.6) is 0 Å². The minimum absolute atomic E-state index is 0.0521. The molecule has 0 aromatic heterocycles. The predicted octanol–water partition coefficient (Wildman–Crippen LogP) is -1.02. The number of hydrogen-bond donors (Lipinski definition) is 1. The van der Waals surface area contributed by atoms with E-state index in [1.54, 1.807) is 11.8 Å². The molecule has 2 rings (SSSR count). The molecule has 1 unspecified atom stereocenters. The van der Waals surface area contributed by atoms with Gasteiger partial charge in [-0.2, -0.15) is 11.8 Å². The van der Waals surface area contributed by atoms with E-state index >= 15 is 0 Å². The number of carbonyl (C=O) groups is 2. The Balaban J connectivity index is 2.07. The molecule has 84 valence electrons. The normalized spacial score (nSPS) is 36.0. The van der Waals surface area contributed by atoms with Gasteiger partial charge in [0.25, 0.3) is 0 Å². The summed E-state index contributed by atoms with van der Waals surface area (Å²) in [5, 5.41) is 11.0. The number of aliphatic hydroxyl groups is 1. The van der Waals surface area contributed by atoms with Gasteiger partial charge in [0.15, 0.2) is 0 Å². The van der Waals surface area contributed by atoms with Crippen molar-refractivity contribution in [3.63, 3.8) is 0 Å². The highest BCUT2D eigenvalue weighted by Crippen LogP contribution is 2.29. The van der Waals surface area contributed by atoms with Crippen molar-refractivity contribution >= 4 is 23.7 Å². The lowest BCUT2D eigenvalue weighted by Crippen LogP contribution is -2.48. The van der Waals surface area contributed by atoms with Gasteiger partial charge in [-0.3, -0.25) is 0 Å². The topological polar surface area (TPSA) is 76.1 Å². The van der Waals surface area contributed by atoms with E-state index in [1.165, 1.54) is 5.06 Å². The zero-order chi connectivity index (χ0) is 11.0. The average Bonchev–Trinajstić information content (AvgIpc) is 2.47. The Morgan fingerprint density at radius 3 is 2.93 bits per heavy atom. The van der Waals surface area contributed by atoms with Gasteiger partial charge < -0.3 is 14.7 Å². The molecule has 15 heavy (non-hydrogen) atoms. The van der Waals surface area contributed by atoms with Crippen molar-refractivity contribution in [3.05, 3.63) is 0 Å². The van der Waals surface area contributed by atoms with Crippen molar-refractivity contribution in [2.24, 2.45) is 5.92 Å². The van der Waals surface area contributed by atoms with E-state index in [-0.39, 0.29) is 5.92 Å². The molecule has 0 aromatic carbocycles. The minimum Gasteiger partial charge on any atom is -0.432 e. The van der Waals surface area contributed by atoms with Gasteiger partial charge in [0.2, 0.25) is 6.23 Å². The molecule has 6 nitrogen and oxygen atoms in total. The van der Waals surface area contributed by atoms with Crippen LogP contribution in [-0.4, -0.2) is 53.0 Å². The lowest BCUT2D eigenvalue weighted by atomic mass is 10.1. The second kappa shape index (κ2) is 3.99. The standard InChI is InChI=1S/C8H11NO5S/c1-15-3-4-2-9-6(5(4)10)13-7(11)8(12)14-9/h4-6,10H,2-3H2,1H3/t4-,5-,6?/m1/s1. The highest BCUT2D eigenvalue weighted by Gasteiger charge is 2.49. The van der Waals surface area contributed by atoms with Gasteiger partial charge in [0.05, 0.1) is 0 Å². The first kappa shape index (κ1) is 10.7. The van der Waals surface area contributed by atoms with Crippen molar-refractivity contribution in [3.8, 4) is 0 Å². The summed E-state index contributed by atoms with van der Waals surface area (Å²) in [6.07, 6.45) is 0.282. The third kappa shape index (κ3) is 1.82. The molecule has 0 saturated carbocycles. The van der Waals surface area contributed by atoms with E-state index in [9.17, 15) is 14.7 Å². The van der Waals surface area contributed by atoms with E-state index < -0.39 is 24.3 Å². The summed E-state index contributed by atoms with van der Waals surface area (Å²) in [6, 6.07) is 0. The fraction of sp³-hybridized carbons (Fsp3) is 0.750. The highest BCUT2D eigenvalue weighted by atomic mass is 32.2. The molecular weight excluding hydrogens is 222 g/mol. The third-order valence-corrected chi connectivity index (χ3v) is 3.21. The summed E-state index contributed by atoms with van der Waals surface area (Å²) in [6.45, 7) is 0.395. The number of hydrogen-bond acceptors (Lipinski definition) is 7. The van der Waals surface area contributed by atoms with Crippen LogP contribution in [0.15, 0.2) is 0 Å². The van der Waals surface area contributed by atoms with Crippen LogP contribution in [0.1, 0.15) is 0 Å². The summed E-state index contributed by atoms with van der Waals surface area (Å²) >= 11 is 1.58. The molecule has 0 amide bonds. The molecule has 0 aromatic rings. The number of thioether (sulfide) groups is 1. The number of esters is 1. The zero-order valence-electron chi connectivity index (χ0n) is 8.08. The maximum absolute atomic E-state index is 10.9. The van der Waals surface area contributed by atoms with Crippen LogP contribution < -0.4 is 0 Å². The van der Waals surface area contributed by atoms with Gasteiger partial charge in [-0.1, -0.05) is 5.06 Å². The first-order valence-corrected chi connectivity index (χ1v) is 5.89. The average molecular weight is 233 g/mol. The van der Waals surface area contributed by atoms with Crippen molar-refractivity contribution in [1.82, 2.24) is 5.06 Å². The zero-order valence-corrected chi connectivity index (χ0v) is 8.90. The van der Waals surface area contributed by atoms with E-state index in [0.717, 1.165) is 5.75 Å². The third-order valence-electron chi connectivity index (χ3n) is 2.45. The maximum Gasteiger partial charge on any atom is 0.436 e. The Morgan fingerprint density at radius 1 is 1.53 bits per heavy atom. The number of aliphatic hydroxyl groups excluding tert-OH is 1. The summed E-state index contributed by atoms with van der Waals surface area (Å²) in [5.41, 5.74) is 0. The van der Waals surface area contributed by atoms with Gasteiger partial charge in [0, 0.05) is 12.5 Å². The number of carbonyl (C=O) groups excluding carboxylic acids is 2. The molecule has 0 radical (unpaired) electrons. The number of ether oxygens (including phenoxy) is 1. The van der Waals surface area contributed by atoms with Crippen LogP contribution >= 0.6 is 11.8 Å². The second-order valence-electron chi connectivity index (χ2n) is 3.48. The summed E-state index contributed by atoms with van der Waals surface area (Å²) in [4.78, 5) is 26.5. The molecule has 0 bridgehead atoms. The Labute approximate surface area is 90.5 Å². The lowest BCUT2D eigenvalue weighted by molar-refractivity contribution is -0.262. The largest absolute Gasteiger partial charge is 0.436 e. The molecule has 2 aliphatic heterocycles. The monoisotopic (exact) mass is 233 g/mol. The molecule has 2 heterocycles. The fourth-order valence-electron chi connectivity index (χ4n) is 1.73. The molecule has 2 saturated heterocycles. The first-order chi connectivity index (χ1) is 7.13. The van der Waals surface area contributed by atoms with Crippen molar-refractivity contribution in [1.29, 1.82) is 0 Å². The molecule has 7 heteroatoms. The summed E-state index contributed by atoms with van der Waals surface area (Å²) in [5.74, 6) is -1.39. The van der Waals surface area contributed by atoms with E-state index in [4.69, 9.17) is 9.57 Å². The van der Waals surface area contributed by atoms with Crippen LogP contribution in [0.3, 0.4) is 0 Å². The van der Waals surface area contributed by atoms with Crippen LogP contribution in [0.2, 0.25) is 0 Å². The molecule has 1 N–H and O–H groups in total. The summed E-state index contributed by atoms with van der Waals surface area (Å²) in [7, 11) is 0. The second-order valence-corrected chi connectivity index (χ2v) is 4.39. The lowest BCUT2D eigenvalue weighted by Gasteiger charge is -2.27. The molecular formula is C8H11NO5S. The van der Waals surface area contributed by atoms with E-state index in [1.807, 2.05) is 6.26 Å². The molecule has 0 spiro atoms. The van der Waals surface area contributed by atoms with Gasteiger partial charge in [-0.25, -0.2) is 9.59 Å². The first-order valence-electron chi connectivity index (χ1n) is 4.50. The van der Waals surface area contributed by atoms with Gasteiger partial charge in [-0.05, 0) is 12.0 Å². The Kier molecular flexibility index (Phi) is 2.85. The number of nitrogens with zero attached hydrogens (tertiary/aromatic N) is 1. The smallest absolute Gasteiger partial charge is 0.432 e. The number of hydroxylamine groups is 2. The fourth-order valence-corrected chi connectivity index (χ4v) is 2.46. The van der Waals surface area contributed by atoms with E-state index in [0.29, 0.717) is 6.54 Å².